The van der Waals surface area contributed by atoms with E-state index < -0.39 is 9.85 Å². The van der Waals surface area contributed by atoms with Gasteiger partial charge in [-0.2, -0.15) is 0 Å². The van der Waals surface area contributed by atoms with Crippen LogP contribution in [0, 0.1) is 20.2 Å². The van der Waals surface area contributed by atoms with Crippen molar-refractivity contribution in [2.75, 3.05) is 0 Å². The van der Waals surface area contributed by atoms with Gasteiger partial charge in [0.15, 0.2) is 0 Å². The molecule has 0 saturated heterocycles. The number of benzene rings is 5. The van der Waals surface area contributed by atoms with E-state index in [4.69, 9.17) is 0 Å². The van der Waals surface area contributed by atoms with E-state index in [1.165, 1.54) is 12.1 Å². The SMILES string of the molecule is O=[N+]([O-])c1cccc(/C=C/c2c3ccccc3c(/C=C/c3cccc([N+](=O)[O-])c3)c3ccccc23)c1. The van der Waals surface area contributed by atoms with Crippen molar-refractivity contribution < 1.29 is 9.85 Å². The first-order valence-corrected chi connectivity index (χ1v) is 11.3. The fourth-order valence-electron chi connectivity index (χ4n) is 4.40. The Kier molecular flexibility index (Phi) is 6.07. The summed E-state index contributed by atoms with van der Waals surface area (Å²) in [7, 11) is 0. The van der Waals surface area contributed by atoms with Crippen LogP contribution in [0.1, 0.15) is 22.3 Å². The standard InChI is InChI=1S/C30H20N2O4/c33-31(34)23-9-5-7-21(19-23)15-17-29-25-11-1-2-12-26(25)30(28-14-4-3-13-27(28)29)18-16-22-8-6-10-24(20-22)32(35)36/h1-20H/b17-15+,18-16+. The van der Waals surface area contributed by atoms with Crippen molar-refractivity contribution in [3.8, 4) is 0 Å². The number of fused-ring (bicyclic) bond motifs is 2. The smallest absolute Gasteiger partial charge is 0.258 e. The zero-order valence-electron chi connectivity index (χ0n) is 19.1. The third-order valence-corrected chi connectivity index (χ3v) is 6.06. The van der Waals surface area contributed by atoms with Gasteiger partial charge in [0, 0.05) is 24.3 Å². The number of nitrogens with zero attached hydrogens (tertiary/aromatic N) is 2. The van der Waals surface area contributed by atoms with Crippen LogP contribution >= 0.6 is 0 Å². The molecule has 5 aromatic carbocycles. The van der Waals surface area contributed by atoms with Crippen LogP contribution in [0.15, 0.2) is 97.1 Å². The van der Waals surface area contributed by atoms with Gasteiger partial charge < -0.3 is 0 Å². The van der Waals surface area contributed by atoms with Crippen molar-refractivity contribution in [3.63, 3.8) is 0 Å². The second-order valence-corrected chi connectivity index (χ2v) is 8.29. The van der Waals surface area contributed by atoms with E-state index >= 15 is 0 Å². The number of nitro benzene ring substituents is 2. The van der Waals surface area contributed by atoms with E-state index in [9.17, 15) is 20.2 Å². The van der Waals surface area contributed by atoms with Crippen molar-refractivity contribution in [2.45, 2.75) is 0 Å². The van der Waals surface area contributed by atoms with Gasteiger partial charge in [0.1, 0.15) is 0 Å². The Morgan fingerprint density at radius 1 is 0.472 bits per heavy atom. The average molecular weight is 473 g/mol. The molecule has 0 heterocycles. The summed E-state index contributed by atoms with van der Waals surface area (Å²) in [5, 5.41) is 26.5. The molecule has 174 valence electrons. The van der Waals surface area contributed by atoms with Crippen LogP contribution in [-0.4, -0.2) is 9.85 Å². The molecule has 36 heavy (non-hydrogen) atoms. The monoisotopic (exact) mass is 472 g/mol. The van der Waals surface area contributed by atoms with E-state index in [1.807, 2.05) is 60.7 Å². The molecule has 0 N–H and O–H groups in total. The minimum Gasteiger partial charge on any atom is -0.258 e. The summed E-state index contributed by atoms with van der Waals surface area (Å²) in [6.45, 7) is 0. The predicted molar refractivity (Wildman–Crippen MR) is 146 cm³/mol. The molecular weight excluding hydrogens is 452 g/mol. The molecule has 0 aliphatic carbocycles. The van der Waals surface area contributed by atoms with Crippen LogP contribution in [0.25, 0.3) is 45.8 Å². The molecule has 6 nitrogen and oxygen atoms in total. The molecule has 0 saturated carbocycles. The van der Waals surface area contributed by atoms with E-state index in [2.05, 4.69) is 24.3 Å². The number of hydrogen-bond acceptors (Lipinski definition) is 4. The third-order valence-electron chi connectivity index (χ3n) is 6.06. The fourth-order valence-corrected chi connectivity index (χ4v) is 4.40. The number of hydrogen-bond donors (Lipinski definition) is 0. The number of nitro groups is 2. The Balaban J connectivity index is 1.67. The molecule has 0 aliphatic rings. The van der Waals surface area contributed by atoms with Crippen LogP contribution in [0.2, 0.25) is 0 Å². The third kappa shape index (κ3) is 4.48. The van der Waals surface area contributed by atoms with Crippen LogP contribution in [0.4, 0.5) is 11.4 Å². The Morgan fingerprint density at radius 3 is 1.17 bits per heavy atom. The highest BCUT2D eigenvalue weighted by atomic mass is 16.6. The van der Waals surface area contributed by atoms with E-state index in [-0.39, 0.29) is 11.4 Å². The molecule has 0 unspecified atom stereocenters. The Hall–Kier alpha value is -5.10. The number of non-ortho nitro benzene ring substituents is 2. The summed E-state index contributed by atoms with van der Waals surface area (Å²) in [6, 6.07) is 29.2. The van der Waals surface area contributed by atoms with Crippen LogP contribution in [0.3, 0.4) is 0 Å². The Morgan fingerprint density at radius 2 is 0.833 bits per heavy atom. The van der Waals surface area contributed by atoms with Gasteiger partial charge in [-0.25, -0.2) is 0 Å². The molecular formula is C30H20N2O4. The molecule has 6 heteroatoms. The van der Waals surface area contributed by atoms with Crippen molar-refractivity contribution in [3.05, 3.63) is 140 Å². The lowest BCUT2D eigenvalue weighted by molar-refractivity contribution is -0.385. The maximum absolute atomic E-state index is 11.2. The first-order valence-electron chi connectivity index (χ1n) is 11.3. The fraction of sp³-hybridized carbons (Fsp3) is 0. The highest BCUT2D eigenvalue weighted by Gasteiger charge is 2.11. The van der Waals surface area contributed by atoms with Gasteiger partial charge in [-0.1, -0.05) is 97.1 Å². The summed E-state index contributed by atoms with van der Waals surface area (Å²) in [5.74, 6) is 0. The van der Waals surface area contributed by atoms with Crippen LogP contribution < -0.4 is 0 Å². The minimum atomic E-state index is -0.398. The van der Waals surface area contributed by atoms with E-state index in [0.29, 0.717) is 0 Å². The molecule has 5 rings (SSSR count). The average Bonchev–Trinajstić information content (AvgIpc) is 2.90. The zero-order valence-corrected chi connectivity index (χ0v) is 19.1. The molecule has 0 radical (unpaired) electrons. The van der Waals surface area contributed by atoms with Crippen LogP contribution in [-0.2, 0) is 0 Å². The molecule has 5 aromatic rings. The van der Waals surface area contributed by atoms with E-state index in [1.54, 1.807) is 24.3 Å². The normalized spacial score (nSPS) is 11.6. The maximum Gasteiger partial charge on any atom is 0.270 e. The van der Waals surface area contributed by atoms with Crippen molar-refractivity contribution in [1.29, 1.82) is 0 Å². The highest BCUT2D eigenvalue weighted by Crippen LogP contribution is 2.35. The largest absolute Gasteiger partial charge is 0.270 e. The van der Waals surface area contributed by atoms with Gasteiger partial charge >= 0.3 is 0 Å². The van der Waals surface area contributed by atoms with Gasteiger partial charge in [-0.3, -0.25) is 20.2 Å². The first-order chi connectivity index (χ1) is 17.5. The van der Waals surface area contributed by atoms with Crippen molar-refractivity contribution in [2.24, 2.45) is 0 Å². The van der Waals surface area contributed by atoms with Gasteiger partial charge in [-0.05, 0) is 43.8 Å². The van der Waals surface area contributed by atoms with Gasteiger partial charge in [0.25, 0.3) is 11.4 Å². The Labute approximate surface area is 206 Å². The highest BCUT2D eigenvalue weighted by molar-refractivity contribution is 6.14. The van der Waals surface area contributed by atoms with Gasteiger partial charge in [-0.15, -0.1) is 0 Å². The molecule has 0 bridgehead atoms. The first kappa shape index (κ1) is 22.7. The summed E-state index contributed by atoms with van der Waals surface area (Å²) in [4.78, 5) is 21.5. The second kappa shape index (κ2) is 9.64. The Bertz CT molecular complexity index is 1520. The van der Waals surface area contributed by atoms with Crippen molar-refractivity contribution in [1.82, 2.24) is 0 Å². The summed E-state index contributed by atoms with van der Waals surface area (Å²) in [6.07, 6.45) is 7.77. The lowest BCUT2D eigenvalue weighted by Crippen LogP contribution is -1.89. The van der Waals surface area contributed by atoms with Crippen molar-refractivity contribution >= 4 is 57.2 Å². The predicted octanol–water partition coefficient (Wildman–Crippen LogP) is 8.15. The molecule has 0 atom stereocenters. The topological polar surface area (TPSA) is 86.3 Å². The molecule has 0 aliphatic heterocycles. The van der Waals surface area contributed by atoms with Crippen LogP contribution in [0.5, 0.6) is 0 Å². The van der Waals surface area contributed by atoms with E-state index in [0.717, 1.165) is 43.8 Å². The van der Waals surface area contributed by atoms with Gasteiger partial charge in [0.05, 0.1) is 9.85 Å². The molecule has 0 spiro atoms. The summed E-state index contributed by atoms with van der Waals surface area (Å²) < 4.78 is 0. The molecule has 0 aromatic heterocycles. The molecule has 0 fully saturated rings. The lowest BCUT2D eigenvalue weighted by atomic mass is 9.91. The molecule has 0 amide bonds. The maximum atomic E-state index is 11.2. The van der Waals surface area contributed by atoms with Gasteiger partial charge in [0.2, 0.25) is 0 Å². The summed E-state index contributed by atoms with van der Waals surface area (Å²) >= 11 is 0. The minimum absolute atomic E-state index is 0.0495. The zero-order chi connectivity index (χ0) is 25.1. The number of rotatable bonds is 6. The summed E-state index contributed by atoms with van der Waals surface area (Å²) in [5.41, 5.74) is 3.61. The quantitative estimate of drug-likeness (QED) is 0.108. The lowest BCUT2D eigenvalue weighted by Gasteiger charge is -2.13. The second-order valence-electron chi connectivity index (χ2n) is 8.29.